The van der Waals surface area contributed by atoms with Crippen LogP contribution in [0.5, 0.6) is 0 Å². The molecule has 1 N–H and O–H groups in total. The van der Waals surface area contributed by atoms with Crippen molar-refractivity contribution in [2.45, 2.75) is 30.4 Å². The summed E-state index contributed by atoms with van der Waals surface area (Å²) in [5.41, 5.74) is 0. The fraction of sp³-hybridized carbons (Fsp3) is 0.500. The van der Waals surface area contributed by atoms with Crippen molar-refractivity contribution >= 4 is 29.9 Å². The van der Waals surface area contributed by atoms with Crippen LogP contribution in [0.3, 0.4) is 0 Å². The van der Waals surface area contributed by atoms with Crippen LogP contribution in [-0.4, -0.2) is 24.7 Å². The van der Waals surface area contributed by atoms with Gasteiger partial charge >= 0.3 is 0 Å². The molecular weight excluding hydrogens is 230 g/mol. The van der Waals surface area contributed by atoms with Crippen molar-refractivity contribution in [3.05, 3.63) is 16.3 Å². The van der Waals surface area contributed by atoms with Crippen LogP contribution in [0, 0.1) is 0 Å². The van der Waals surface area contributed by atoms with Crippen molar-refractivity contribution < 1.29 is 9.53 Å². The van der Waals surface area contributed by atoms with E-state index in [1.807, 2.05) is 12.3 Å². The highest BCUT2D eigenvalue weighted by Crippen LogP contribution is 2.19. The summed E-state index contributed by atoms with van der Waals surface area (Å²) in [5, 5.41) is 4.82. The fourth-order valence-electron chi connectivity index (χ4n) is 1.61. The Hall–Kier alpha value is -0.520. The van der Waals surface area contributed by atoms with Crippen LogP contribution in [0.25, 0.3) is 0 Å². The number of amides is 1. The number of nitrogens with one attached hydrogen (secondary N) is 1. The summed E-state index contributed by atoms with van der Waals surface area (Å²) in [6, 6.07) is 1.92. The smallest absolute Gasteiger partial charge is 0.261 e. The normalized spacial score (nSPS) is 25.5. The first-order chi connectivity index (χ1) is 7.16. The minimum absolute atomic E-state index is 0.0253. The molecule has 0 saturated carbocycles. The summed E-state index contributed by atoms with van der Waals surface area (Å²) >= 11 is 5.58. The van der Waals surface area contributed by atoms with E-state index in [0.29, 0.717) is 4.88 Å². The summed E-state index contributed by atoms with van der Waals surface area (Å²) < 4.78 is 5.38. The lowest BCUT2D eigenvalue weighted by Crippen LogP contribution is -2.38. The van der Waals surface area contributed by atoms with Crippen molar-refractivity contribution in [3.8, 4) is 0 Å². The molecule has 2 rings (SSSR count). The molecule has 2 unspecified atom stereocenters. The quantitative estimate of drug-likeness (QED) is 0.779. The highest BCUT2D eigenvalue weighted by atomic mass is 32.1. The van der Waals surface area contributed by atoms with E-state index in [1.54, 1.807) is 6.07 Å². The Balaban J connectivity index is 1.97. The van der Waals surface area contributed by atoms with E-state index in [2.05, 4.69) is 17.9 Å². The maximum atomic E-state index is 11.8. The third kappa shape index (κ3) is 2.53. The van der Waals surface area contributed by atoms with Crippen LogP contribution in [0.1, 0.15) is 23.0 Å². The minimum atomic E-state index is -0.0253. The van der Waals surface area contributed by atoms with Gasteiger partial charge in [0.15, 0.2) is 0 Å². The molecule has 82 valence electrons. The van der Waals surface area contributed by atoms with Gasteiger partial charge in [0.05, 0.1) is 17.0 Å². The molecular formula is C10H13NO2S2. The monoisotopic (exact) mass is 243 g/mol. The van der Waals surface area contributed by atoms with Crippen LogP contribution in [0.4, 0.5) is 0 Å². The fourth-order valence-corrected chi connectivity index (χ4v) is 2.66. The summed E-state index contributed by atoms with van der Waals surface area (Å²) in [5.74, 6) is -0.0253. The van der Waals surface area contributed by atoms with E-state index < -0.39 is 0 Å². The van der Waals surface area contributed by atoms with Crippen molar-refractivity contribution in [3.63, 3.8) is 0 Å². The van der Waals surface area contributed by atoms with Gasteiger partial charge in [0.2, 0.25) is 0 Å². The Bertz CT molecular complexity index is 364. The number of hydrogen-bond donors (Lipinski definition) is 2. The summed E-state index contributed by atoms with van der Waals surface area (Å²) in [6.45, 7) is 2.71. The van der Waals surface area contributed by atoms with Crippen LogP contribution in [-0.2, 0) is 4.74 Å². The first kappa shape index (κ1) is 11.0. The van der Waals surface area contributed by atoms with Gasteiger partial charge in [-0.2, -0.15) is 0 Å². The zero-order valence-electron chi connectivity index (χ0n) is 8.40. The predicted octanol–water partition coefficient (Wildman–Crippen LogP) is 1.94. The summed E-state index contributed by atoms with van der Waals surface area (Å²) in [7, 11) is 0. The van der Waals surface area contributed by atoms with Crippen LogP contribution in [0.2, 0.25) is 0 Å². The molecule has 1 amide bonds. The van der Waals surface area contributed by atoms with Gasteiger partial charge in [-0.05, 0) is 19.4 Å². The second-order valence-electron chi connectivity index (χ2n) is 3.61. The van der Waals surface area contributed by atoms with Crippen LogP contribution in [0.15, 0.2) is 16.3 Å². The first-order valence-corrected chi connectivity index (χ1v) is 6.19. The second-order valence-corrected chi connectivity index (χ2v) is 5.04. The minimum Gasteiger partial charge on any atom is -0.376 e. The molecule has 0 aromatic carbocycles. The number of hydrogen-bond acceptors (Lipinski definition) is 4. The number of thiol groups is 1. The third-order valence-electron chi connectivity index (χ3n) is 2.50. The van der Waals surface area contributed by atoms with Gasteiger partial charge in [-0.15, -0.1) is 24.0 Å². The average Bonchev–Trinajstić information content (AvgIpc) is 2.77. The first-order valence-electron chi connectivity index (χ1n) is 4.87. The lowest BCUT2D eigenvalue weighted by atomic mass is 10.1. The maximum Gasteiger partial charge on any atom is 0.261 e. The molecule has 0 bridgehead atoms. The second kappa shape index (κ2) is 4.55. The number of thiophene rings is 1. The third-order valence-corrected chi connectivity index (χ3v) is 3.86. The highest BCUT2D eigenvalue weighted by molar-refractivity contribution is 7.80. The standard InChI is InChI=1S/C10H13NO2S2/c1-6-8(2-3-13-6)11-10(12)9-4-7(14)5-15-9/h4-6,8,14H,2-3H2,1H3,(H,11,12). The van der Waals surface area contributed by atoms with Gasteiger partial charge in [0.25, 0.3) is 5.91 Å². The number of rotatable bonds is 2. The molecule has 1 aliphatic rings. The zero-order valence-corrected chi connectivity index (χ0v) is 10.1. The van der Waals surface area contributed by atoms with E-state index in [4.69, 9.17) is 4.74 Å². The molecule has 0 aliphatic carbocycles. The Morgan fingerprint density at radius 2 is 2.53 bits per heavy atom. The maximum absolute atomic E-state index is 11.8. The van der Waals surface area contributed by atoms with Crippen molar-refractivity contribution in [2.75, 3.05) is 6.61 Å². The van der Waals surface area contributed by atoms with E-state index >= 15 is 0 Å². The topological polar surface area (TPSA) is 38.3 Å². The Morgan fingerprint density at radius 3 is 3.07 bits per heavy atom. The molecule has 2 heterocycles. The number of carbonyl (C=O) groups excluding carboxylic acids is 1. The van der Waals surface area contributed by atoms with Gasteiger partial charge in [-0.3, -0.25) is 4.79 Å². The van der Waals surface area contributed by atoms with E-state index in [0.717, 1.165) is 17.9 Å². The number of ether oxygens (including phenoxy) is 1. The summed E-state index contributed by atoms with van der Waals surface area (Å²) in [4.78, 5) is 13.3. The molecule has 15 heavy (non-hydrogen) atoms. The van der Waals surface area contributed by atoms with Gasteiger partial charge in [0.1, 0.15) is 0 Å². The van der Waals surface area contributed by atoms with Gasteiger partial charge < -0.3 is 10.1 Å². The summed E-state index contributed by atoms with van der Waals surface area (Å²) in [6.07, 6.45) is 1.01. The van der Waals surface area contributed by atoms with E-state index in [9.17, 15) is 4.79 Å². The lowest BCUT2D eigenvalue weighted by Gasteiger charge is -2.15. The molecule has 0 radical (unpaired) electrons. The molecule has 5 heteroatoms. The highest BCUT2D eigenvalue weighted by Gasteiger charge is 2.26. The molecule has 3 nitrogen and oxygen atoms in total. The van der Waals surface area contributed by atoms with Crippen molar-refractivity contribution in [2.24, 2.45) is 0 Å². The molecule has 1 aliphatic heterocycles. The lowest BCUT2D eigenvalue weighted by molar-refractivity contribution is 0.0869. The molecule has 1 fully saturated rings. The molecule has 1 saturated heterocycles. The van der Waals surface area contributed by atoms with Crippen molar-refractivity contribution in [1.82, 2.24) is 5.32 Å². The van der Waals surface area contributed by atoms with Gasteiger partial charge in [-0.25, -0.2) is 0 Å². The van der Waals surface area contributed by atoms with Crippen LogP contribution < -0.4 is 5.32 Å². The Labute approximate surface area is 98.2 Å². The SMILES string of the molecule is CC1OCCC1NC(=O)c1cc(S)cs1. The number of carbonyl (C=O) groups is 1. The molecule has 2 atom stereocenters. The molecule has 1 aromatic rings. The molecule has 1 aromatic heterocycles. The zero-order chi connectivity index (χ0) is 10.8. The van der Waals surface area contributed by atoms with Crippen molar-refractivity contribution in [1.29, 1.82) is 0 Å². The molecule has 0 spiro atoms. The van der Waals surface area contributed by atoms with Gasteiger partial charge in [0, 0.05) is 16.9 Å². The van der Waals surface area contributed by atoms with Gasteiger partial charge in [-0.1, -0.05) is 0 Å². The Morgan fingerprint density at radius 1 is 1.73 bits per heavy atom. The van der Waals surface area contributed by atoms with Crippen LogP contribution >= 0.6 is 24.0 Å². The van der Waals surface area contributed by atoms with E-state index in [-0.39, 0.29) is 18.1 Å². The Kier molecular flexibility index (Phi) is 3.33. The van der Waals surface area contributed by atoms with E-state index in [1.165, 1.54) is 11.3 Å². The average molecular weight is 243 g/mol. The predicted molar refractivity (Wildman–Crippen MR) is 62.9 cm³/mol. The largest absolute Gasteiger partial charge is 0.376 e.